The van der Waals surface area contributed by atoms with E-state index in [1.165, 1.54) is 12.3 Å². The summed E-state index contributed by atoms with van der Waals surface area (Å²) in [5, 5.41) is 2.35. The summed E-state index contributed by atoms with van der Waals surface area (Å²) in [5.74, 6) is -2.32. The highest BCUT2D eigenvalue weighted by Crippen LogP contribution is 2.27. The molecular formula is C12H8ClN3O4. The Balaban J connectivity index is 1.97. The first-order valence-corrected chi connectivity index (χ1v) is 6.24. The van der Waals surface area contributed by atoms with Gasteiger partial charge < -0.3 is 0 Å². The van der Waals surface area contributed by atoms with Crippen molar-refractivity contribution in [2.24, 2.45) is 0 Å². The Hall–Kier alpha value is -2.28. The molecule has 0 spiro atoms. The minimum Gasteiger partial charge on any atom is -0.295 e. The number of amides is 4. The van der Waals surface area contributed by atoms with E-state index in [9.17, 15) is 19.2 Å². The molecule has 2 aliphatic heterocycles. The van der Waals surface area contributed by atoms with Gasteiger partial charge in [-0.25, -0.2) is 4.98 Å². The van der Waals surface area contributed by atoms with E-state index < -0.39 is 29.7 Å². The normalized spacial score (nSPS) is 22.1. The Morgan fingerprint density at radius 3 is 2.70 bits per heavy atom. The molecular weight excluding hydrogens is 286 g/mol. The molecule has 1 atom stereocenters. The maximum Gasteiger partial charge on any atom is 0.280 e. The van der Waals surface area contributed by atoms with Gasteiger partial charge in [-0.05, 0) is 12.5 Å². The van der Waals surface area contributed by atoms with Crippen LogP contribution in [-0.4, -0.2) is 39.6 Å². The molecule has 1 aromatic rings. The highest BCUT2D eigenvalue weighted by molar-refractivity contribution is 6.32. The van der Waals surface area contributed by atoms with Gasteiger partial charge in [0.05, 0.1) is 10.6 Å². The van der Waals surface area contributed by atoms with Gasteiger partial charge in [0, 0.05) is 12.6 Å². The van der Waals surface area contributed by atoms with Crippen molar-refractivity contribution >= 4 is 35.2 Å². The molecule has 1 saturated heterocycles. The van der Waals surface area contributed by atoms with Crippen molar-refractivity contribution < 1.29 is 19.2 Å². The Morgan fingerprint density at radius 2 is 2.00 bits per heavy atom. The fourth-order valence-corrected chi connectivity index (χ4v) is 2.48. The fraction of sp³-hybridized carbons (Fsp3) is 0.250. The van der Waals surface area contributed by atoms with Gasteiger partial charge in [-0.3, -0.25) is 29.4 Å². The predicted octanol–water partition coefficient (Wildman–Crippen LogP) is 0.136. The summed E-state index contributed by atoms with van der Waals surface area (Å²) in [7, 11) is 0. The lowest BCUT2D eigenvalue weighted by atomic mass is 10.0. The van der Waals surface area contributed by atoms with Crippen LogP contribution in [0.15, 0.2) is 12.3 Å². The number of aromatic nitrogens is 1. The van der Waals surface area contributed by atoms with E-state index in [0.29, 0.717) is 0 Å². The molecule has 8 heteroatoms. The van der Waals surface area contributed by atoms with Crippen LogP contribution in [0.1, 0.15) is 33.7 Å². The van der Waals surface area contributed by atoms with Crippen LogP contribution in [0.4, 0.5) is 0 Å². The zero-order valence-electron chi connectivity index (χ0n) is 10.1. The third-order valence-corrected chi connectivity index (χ3v) is 3.45. The van der Waals surface area contributed by atoms with E-state index >= 15 is 0 Å². The number of rotatable bonds is 1. The van der Waals surface area contributed by atoms with Gasteiger partial charge in [-0.15, -0.1) is 0 Å². The zero-order chi connectivity index (χ0) is 14.4. The number of fused-ring (bicyclic) bond motifs is 1. The number of hydrogen-bond donors (Lipinski definition) is 1. The van der Waals surface area contributed by atoms with Crippen LogP contribution in [0.3, 0.4) is 0 Å². The van der Waals surface area contributed by atoms with E-state index in [1.54, 1.807) is 0 Å². The third-order valence-electron chi connectivity index (χ3n) is 3.25. The third kappa shape index (κ3) is 1.78. The monoisotopic (exact) mass is 293 g/mol. The smallest absolute Gasteiger partial charge is 0.280 e. The molecule has 0 radical (unpaired) electrons. The molecule has 2 aliphatic rings. The van der Waals surface area contributed by atoms with Crippen molar-refractivity contribution in [1.29, 1.82) is 0 Å². The summed E-state index contributed by atoms with van der Waals surface area (Å²) in [5.41, 5.74) is 0.0521. The average molecular weight is 294 g/mol. The van der Waals surface area contributed by atoms with Crippen molar-refractivity contribution in [1.82, 2.24) is 15.2 Å². The van der Waals surface area contributed by atoms with Crippen LogP contribution < -0.4 is 5.32 Å². The molecule has 7 nitrogen and oxygen atoms in total. The molecule has 20 heavy (non-hydrogen) atoms. The van der Waals surface area contributed by atoms with Gasteiger partial charge >= 0.3 is 0 Å². The topological polar surface area (TPSA) is 96.4 Å². The molecule has 1 fully saturated rings. The lowest BCUT2D eigenvalue weighted by molar-refractivity contribution is -0.136. The van der Waals surface area contributed by atoms with Crippen molar-refractivity contribution in [3.05, 3.63) is 28.5 Å². The second-order valence-electron chi connectivity index (χ2n) is 4.50. The van der Waals surface area contributed by atoms with Gasteiger partial charge in [0.1, 0.15) is 11.7 Å². The van der Waals surface area contributed by atoms with Crippen LogP contribution in [0, 0.1) is 0 Å². The number of nitrogens with one attached hydrogen (secondary N) is 1. The molecule has 1 N–H and O–H groups in total. The average Bonchev–Trinajstić information content (AvgIpc) is 2.63. The number of halogens is 1. The summed E-state index contributed by atoms with van der Waals surface area (Å²) >= 11 is 5.75. The Kier molecular flexibility index (Phi) is 2.79. The van der Waals surface area contributed by atoms with E-state index in [4.69, 9.17) is 11.6 Å². The van der Waals surface area contributed by atoms with Gasteiger partial charge in [0.25, 0.3) is 11.8 Å². The first-order chi connectivity index (χ1) is 9.49. The minimum atomic E-state index is -0.985. The van der Waals surface area contributed by atoms with Crippen molar-refractivity contribution in [3.8, 4) is 0 Å². The summed E-state index contributed by atoms with van der Waals surface area (Å²) in [4.78, 5) is 52.0. The van der Waals surface area contributed by atoms with E-state index in [0.717, 1.165) is 4.90 Å². The number of hydrogen-bond acceptors (Lipinski definition) is 5. The van der Waals surface area contributed by atoms with Crippen LogP contribution in [0.25, 0.3) is 0 Å². The van der Waals surface area contributed by atoms with E-state index in [1.807, 2.05) is 0 Å². The van der Waals surface area contributed by atoms with Gasteiger partial charge in [0.15, 0.2) is 0 Å². The molecule has 0 saturated carbocycles. The van der Waals surface area contributed by atoms with Gasteiger partial charge in [-0.2, -0.15) is 0 Å². The number of carbonyl (C=O) groups is 4. The maximum absolute atomic E-state index is 12.2. The molecule has 1 unspecified atom stereocenters. The molecule has 102 valence electrons. The molecule has 0 aliphatic carbocycles. The lowest BCUT2D eigenvalue weighted by Gasteiger charge is -2.27. The zero-order valence-corrected chi connectivity index (χ0v) is 10.8. The van der Waals surface area contributed by atoms with Crippen LogP contribution >= 0.6 is 11.6 Å². The summed E-state index contributed by atoms with van der Waals surface area (Å²) in [6.45, 7) is 0. The number of nitrogens with zero attached hydrogens (tertiary/aromatic N) is 2. The van der Waals surface area contributed by atoms with Crippen LogP contribution in [0.5, 0.6) is 0 Å². The Bertz CT molecular complexity index is 673. The van der Waals surface area contributed by atoms with Crippen molar-refractivity contribution in [2.45, 2.75) is 18.9 Å². The second kappa shape index (κ2) is 4.38. The van der Waals surface area contributed by atoms with Crippen LogP contribution in [-0.2, 0) is 9.59 Å². The van der Waals surface area contributed by atoms with Crippen molar-refractivity contribution in [3.63, 3.8) is 0 Å². The highest BCUT2D eigenvalue weighted by atomic mass is 35.5. The SMILES string of the molecule is O=C1CCC(N2C(=O)c3cc(Cl)cnc3C2=O)C(=O)N1. The van der Waals surface area contributed by atoms with E-state index in [2.05, 4.69) is 10.3 Å². The molecule has 3 rings (SSSR count). The van der Waals surface area contributed by atoms with Gasteiger partial charge in [-0.1, -0.05) is 11.6 Å². The van der Waals surface area contributed by atoms with Crippen molar-refractivity contribution in [2.75, 3.05) is 0 Å². The molecule has 0 aromatic carbocycles. The summed E-state index contributed by atoms with van der Waals surface area (Å²) in [6, 6.07) is 0.358. The standard InChI is InChI=1S/C12H8ClN3O4/c13-5-3-6-9(14-4-5)12(20)16(11(6)19)7-1-2-8(17)15-10(7)18/h3-4,7H,1-2H2,(H,15,17,18). The number of carbonyl (C=O) groups excluding carboxylic acids is 4. The predicted molar refractivity (Wildman–Crippen MR) is 65.9 cm³/mol. The Morgan fingerprint density at radius 1 is 1.25 bits per heavy atom. The summed E-state index contributed by atoms with van der Waals surface area (Å²) in [6.07, 6.45) is 1.46. The maximum atomic E-state index is 12.2. The highest BCUT2D eigenvalue weighted by Gasteiger charge is 2.45. The van der Waals surface area contributed by atoms with Gasteiger partial charge in [0.2, 0.25) is 11.8 Å². The molecule has 3 heterocycles. The Labute approximate surface area is 117 Å². The number of imide groups is 2. The quantitative estimate of drug-likeness (QED) is 0.743. The first kappa shape index (κ1) is 12.7. The fourth-order valence-electron chi connectivity index (χ4n) is 2.32. The number of pyridine rings is 1. The molecule has 4 amide bonds. The number of piperidine rings is 1. The van der Waals surface area contributed by atoms with Crippen LogP contribution in [0.2, 0.25) is 5.02 Å². The van der Waals surface area contributed by atoms with E-state index in [-0.39, 0.29) is 29.1 Å². The first-order valence-electron chi connectivity index (χ1n) is 5.86. The second-order valence-corrected chi connectivity index (χ2v) is 4.93. The largest absolute Gasteiger partial charge is 0.295 e. The molecule has 1 aromatic heterocycles. The lowest BCUT2D eigenvalue weighted by Crippen LogP contribution is -2.54. The summed E-state index contributed by atoms with van der Waals surface area (Å²) < 4.78 is 0. The molecule has 0 bridgehead atoms. The minimum absolute atomic E-state index is 0.0240.